The molecule has 1 aromatic rings. The summed E-state index contributed by atoms with van der Waals surface area (Å²) < 4.78 is 0. The Labute approximate surface area is 107 Å². The van der Waals surface area contributed by atoms with Crippen LogP contribution in [0.4, 0.5) is 5.82 Å². The van der Waals surface area contributed by atoms with Crippen molar-refractivity contribution in [2.24, 2.45) is 0 Å². The summed E-state index contributed by atoms with van der Waals surface area (Å²) in [6.07, 6.45) is 2.57. The second-order valence-corrected chi connectivity index (χ2v) is 4.06. The summed E-state index contributed by atoms with van der Waals surface area (Å²) in [5.74, 6) is 0.506. The maximum atomic E-state index is 12.0. The molecule has 0 aliphatic carbocycles. The van der Waals surface area contributed by atoms with E-state index in [9.17, 15) is 4.79 Å². The number of aliphatic hydroxyl groups excluding tert-OH is 1. The first-order valence-corrected chi connectivity index (χ1v) is 6.07. The monoisotopic (exact) mass is 252 g/mol. The fourth-order valence-corrected chi connectivity index (χ4v) is 1.51. The van der Waals surface area contributed by atoms with Gasteiger partial charge in [-0.2, -0.15) is 0 Å². The van der Waals surface area contributed by atoms with Gasteiger partial charge in [-0.25, -0.2) is 0 Å². The van der Waals surface area contributed by atoms with Crippen LogP contribution in [0, 0.1) is 0 Å². The van der Waals surface area contributed by atoms with Crippen LogP contribution in [-0.2, 0) is 0 Å². The average molecular weight is 252 g/mol. The van der Waals surface area contributed by atoms with Crippen molar-refractivity contribution >= 4 is 11.7 Å². The highest BCUT2D eigenvalue weighted by atomic mass is 16.2. The lowest BCUT2D eigenvalue weighted by Crippen LogP contribution is -2.28. The highest BCUT2D eigenvalue weighted by molar-refractivity contribution is 5.92. The Balaban J connectivity index is 2.46. The predicted molar refractivity (Wildman–Crippen MR) is 69.5 cm³/mol. The molecule has 0 radical (unpaired) electrons. The van der Waals surface area contributed by atoms with Crippen molar-refractivity contribution in [3.8, 4) is 0 Å². The van der Waals surface area contributed by atoms with Crippen LogP contribution in [0.5, 0.6) is 0 Å². The second-order valence-electron chi connectivity index (χ2n) is 4.06. The largest absolute Gasteiger partial charge is 0.396 e. The van der Waals surface area contributed by atoms with Crippen LogP contribution in [-0.4, -0.2) is 53.4 Å². The second kappa shape index (κ2) is 7.60. The number of nitrogens with one attached hydrogen (secondary N) is 1. The number of amides is 1. The number of carbonyl (C=O) groups excluding carboxylic acids is 1. The molecule has 1 heterocycles. The molecular formula is C12H20N4O2. The molecule has 18 heavy (non-hydrogen) atoms. The molecule has 100 valence electrons. The maximum Gasteiger partial charge on any atom is 0.274 e. The van der Waals surface area contributed by atoms with Crippen LogP contribution in [0.2, 0.25) is 0 Å². The quantitative estimate of drug-likeness (QED) is 0.700. The molecular weight excluding hydrogens is 232 g/mol. The molecule has 0 unspecified atom stereocenters. The van der Waals surface area contributed by atoms with Crippen LogP contribution in [0.3, 0.4) is 0 Å². The topological polar surface area (TPSA) is 78.4 Å². The van der Waals surface area contributed by atoms with Gasteiger partial charge in [0.05, 0.1) is 0 Å². The lowest BCUT2D eigenvalue weighted by atomic mass is 10.2. The fourth-order valence-electron chi connectivity index (χ4n) is 1.51. The van der Waals surface area contributed by atoms with Crippen LogP contribution < -0.4 is 5.32 Å². The standard InChI is InChI=1S/C12H20N4O2/c1-13-11-7-6-10(14-15-11)12(18)16(2)8-4-3-5-9-17/h6-7,17H,3-5,8-9H2,1-2H3,(H,13,15). The Morgan fingerprint density at radius 1 is 1.33 bits per heavy atom. The van der Waals surface area contributed by atoms with E-state index in [0.29, 0.717) is 18.1 Å². The van der Waals surface area contributed by atoms with Gasteiger partial charge in [-0.05, 0) is 31.4 Å². The highest BCUT2D eigenvalue weighted by Crippen LogP contribution is 2.05. The van der Waals surface area contributed by atoms with Crippen molar-refractivity contribution in [1.82, 2.24) is 15.1 Å². The Kier molecular flexibility index (Phi) is 6.07. The van der Waals surface area contributed by atoms with Crippen molar-refractivity contribution in [2.75, 3.05) is 32.6 Å². The molecule has 6 nitrogen and oxygen atoms in total. The van der Waals surface area contributed by atoms with Gasteiger partial charge in [-0.1, -0.05) is 0 Å². The number of unbranched alkanes of at least 4 members (excludes halogenated alkanes) is 2. The van der Waals surface area contributed by atoms with Crippen molar-refractivity contribution in [3.05, 3.63) is 17.8 Å². The van der Waals surface area contributed by atoms with Gasteiger partial charge in [-0.3, -0.25) is 4.79 Å². The lowest BCUT2D eigenvalue weighted by Gasteiger charge is -2.16. The summed E-state index contributed by atoms with van der Waals surface area (Å²) in [7, 11) is 3.49. The first kappa shape index (κ1) is 14.4. The van der Waals surface area contributed by atoms with Gasteiger partial charge >= 0.3 is 0 Å². The first-order chi connectivity index (χ1) is 8.69. The molecule has 0 saturated carbocycles. The minimum atomic E-state index is -0.130. The summed E-state index contributed by atoms with van der Waals surface area (Å²) in [4.78, 5) is 13.6. The van der Waals surface area contributed by atoms with Crippen LogP contribution in [0.15, 0.2) is 12.1 Å². The molecule has 1 rings (SSSR count). The van der Waals surface area contributed by atoms with Crippen molar-refractivity contribution in [2.45, 2.75) is 19.3 Å². The van der Waals surface area contributed by atoms with E-state index in [1.807, 2.05) is 0 Å². The van der Waals surface area contributed by atoms with Gasteiger partial charge in [0.15, 0.2) is 5.69 Å². The predicted octanol–water partition coefficient (Wildman–Crippen LogP) is 0.753. The normalized spacial score (nSPS) is 10.2. The molecule has 0 spiro atoms. The third-order valence-electron chi connectivity index (χ3n) is 2.64. The lowest BCUT2D eigenvalue weighted by molar-refractivity contribution is 0.0785. The van der Waals surface area contributed by atoms with Crippen molar-refractivity contribution in [3.63, 3.8) is 0 Å². The summed E-state index contributed by atoms with van der Waals surface area (Å²) in [5.41, 5.74) is 0.346. The Morgan fingerprint density at radius 3 is 2.67 bits per heavy atom. The van der Waals surface area contributed by atoms with Crippen molar-refractivity contribution < 1.29 is 9.90 Å². The third kappa shape index (κ3) is 4.29. The number of rotatable bonds is 7. The van der Waals surface area contributed by atoms with Gasteiger partial charge in [0, 0.05) is 27.2 Å². The molecule has 1 aromatic heterocycles. The van der Waals surface area contributed by atoms with Crippen LogP contribution in [0.25, 0.3) is 0 Å². The SMILES string of the molecule is CNc1ccc(C(=O)N(C)CCCCCO)nn1. The highest BCUT2D eigenvalue weighted by Gasteiger charge is 2.13. The summed E-state index contributed by atoms with van der Waals surface area (Å²) in [6, 6.07) is 3.38. The minimum absolute atomic E-state index is 0.130. The molecule has 0 aliphatic heterocycles. The Morgan fingerprint density at radius 2 is 2.11 bits per heavy atom. The molecule has 2 N–H and O–H groups in total. The molecule has 0 atom stereocenters. The van der Waals surface area contributed by atoms with E-state index in [-0.39, 0.29) is 12.5 Å². The van der Waals surface area contributed by atoms with Gasteiger partial charge in [0.2, 0.25) is 0 Å². The first-order valence-electron chi connectivity index (χ1n) is 6.07. The van der Waals surface area contributed by atoms with Crippen LogP contribution >= 0.6 is 0 Å². The van der Waals surface area contributed by atoms with Crippen molar-refractivity contribution in [1.29, 1.82) is 0 Å². The Bertz CT molecular complexity index is 367. The van der Waals surface area contributed by atoms with E-state index in [1.54, 1.807) is 31.1 Å². The number of hydrogen-bond acceptors (Lipinski definition) is 5. The van der Waals surface area contributed by atoms with E-state index in [2.05, 4.69) is 15.5 Å². The minimum Gasteiger partial charge on any atom is -0.396 e. The van der Waals surface area contributed by atoms with Gasteiger partial charge in [0.1, 0.15) is 5.82 Å². The van der Waals surface area contributed by atoms with Gasteiger partial charge < -0.3 is 15.3 Å². The molecule has 0 saturated heterocycles. The van der Waals surface area contributed by atoms with E-state index < -0.39 is 0 Å². The number of nitrogens with zero attached hydrogens (tertiary/aromatic N) is 3. The number of anilines is 1. The van der Waals surface area contributed by atoms with E-state index in [4.69, 9.17) is 5.11 Å². The smallest absolute Gasteiger partial charge is 0.274 e. The zero-order valence-corrected chi connectivity index (χ0v) is 10.9. The molecule has 0 bridgehead atoms. The van der Waals surface area contributed by atoms with Gasteiger partial charge in [0.25, 0.3) is 5.91 Å². The number of aliphatic hydroxyl groups is 1. The third-order valence-corrected chi connectivity index (χ3v) is 2.64. The summed E-state index contributed by atoms with van der Waals surface area (Å²) in [6.45, 7) is 0.864. The average Bonchev–Trinajstić information content (AvgIpc) is 2.42. The number of carbonyl (C=O) groups is 1. The summed E-state index contributed by atoms with van der Waals surface area (Å²) in [5, 5.41) is 19.3. The zero-order chi connectivity index (χ0) is 13.4. The number of aromatic nitrogens is 2. The van der Waals surface area contributed by atoms with E-state index in [0.717, 1.165) is 19.3 Å². The van der Waals surface area contributed by atoms with E-state index >= 15 is 0 Å². The molecule has 0 fully saturated rings. The van der Waals surface area contributed by atoms with Crippen LogP contribution in [0.1, 0.15) is 29.8 Å². The molecule has 0 aliphatic rings. The van der Waals surface area contributed by atoms with Gasteiger partial charge in [-0.15, -0.1) is 10.2 Å². The molecule has 6 heteroatoms. The Hall–Kier alpha value is -1.69. The fraction of sp³-hybridized carbons (Fsp3) is 0.583. The molecule has 1 amide bonds. The maximum absolute atomic E-state index is 12.0. The zero-order valence-electron chi connectivity index (χ0n) is 10.9. The molecule has 0 aromatic carbocycles. The number of hydrogen-bond donors (Lipinski definition) is 2. The van der Waals surface area contributed by atoms with E-state index in [1.165, 1.54) is 0 Å². The summed E-state index contributed by atoms with van der Waals surface area (Å²) >= 11 is 0.